The van der Waals surface area contributed by atoms with Crippen molar-refractivity contribution in [3.8, 4) is 0 Å². The molecule has 0 bridgehead atoms. The van der Waals surface area contributed by atoms with Crippen LogP contribution in [0, 0.1) is 0 Å². The molecule has 0 saturated carbocycles. The largest absolute Gasteiger partial charge is 0.393 e. The molecule has 2 aromatic rings. The Hall–Kier alpha value is -1.42. The Morgan fingerprint density at radius 3 is 2.89 bits per heavy atom. The van der Waals surface area contributed by atoms with Crippen molar-refractivity contribution in [1.82, 2.24) is 9.55 Å². The summed E-state index contributed by atoms with van der Waals surface area (Å²) in [7, 11) is 0. The number of aryl methyl sites for hydroxylation is 2. The summed E-state index contributed by atoms with van der Waals surface area (Å²) in [5.41, 5.74) is 7.84. The molecule has 4 heteroatoms. The first-order valence-electron chi connectivity index (χ1n) is 6.45. The molecule has 0 aliphatic rings. The Bertz CT molecular complexity index is 545. The predicted molar refractivity (Wildman–Crippen MR) is 79.7 cm³/mol. The van der Waals surface area contributed by atoms with Gasteiger partial charge in [-0.3, -0.25) is 0 Å². The Balaban J connectivity index is 2.26. The fourth-order valence-electron chi connectivity index (χ4n) is 2.20. The number of hydrogen-bond donors (Lipinski definition) is 1. The zero-order valence-electron chi connectivity index (χ0n) is 10.7. The topological polar surface area (TPSA) is 43.8 Å². The van der Waals surface area contributed by atoms with Gasteiger partial charge in [0.2, 0.25) is 0 Å². The maximum Gasteiger partial charge on any atom is 0.109 e. The van der Waals surface area contributed by atoms with Gasteiger partial charge in [-0.25, -0.2) is 4.98 Å². The number of para-hydroxylation sites is 2. The smallest absolute Gasteiger partial charge is 0.109 e. The van der Waals surface area contributed by atoms with Gasteiger partial charge in [-0.1, -0.05) is 31.3 Å². The molecule has 0 spiro atoms. The number of hydrogen-bond acceptors (Lipinski definition) is 2. The third-order valence-corrected chi connectivity index (χ3v) is 3.22. The van der Waals surface area contributed by atoms with E-state index in [9.17, 15) is 0 Å². The van der Waals surface area contributed by atoms with Crippen LogP contribution in [0.4, 0.5) is 0 Å². The van der Waals surface area contributed by atoms with Crippen LogP contribution in [0.1, 0.15) is 32.0 Å². The molecule has 0 atom stereocenters. The summed E-state index contributed by atoms with van der Waals surface area (Å²) in [4.78, 5) is 5.29. The molecular weight excluding hydrogens is 242 g/mol. The number of thiocarbonyl (C=S) groups is 1. The molecule has 1 aromatic carbocycles. The van der Waals surface area contributed by atoms with Crippen molar-refractivity contribution < 1.29 is 0 Å². The second kappa shape index (κ2) is 5.96. The van der Waals surface area contributed by atoms with E-state index in [0.29, 0.717) is 4.99 Å². The SMILES string of the molecule is CCCc1nc2ccccc2n1CCCC(N)=S. The Morgan fingerprint density at radius 2 is 2.17 bits per heavy atom. The Morgan fingerprint density at radius 1 is 1.39 bits per heavy atom. The highest BCUT2D eigenvalue weighted by Gasteiger charge is 2.09. The van der Waals surface area contributed by atoms with Crippen molar-refractivity contribution in [3.05, 3.63) is 30.1 Å². The molecule has 0 aliphatic heterocycles. The maximum absolute atomic E-state index is 5.55. The molecule has 1 heterocycles. The van der Waals surface area contributed by atoms with Crippen LogP contribution in [-0.2, 0) is 13.0 Å². The average Bonchev–Trinajstić information content (AvgIpc) is 2.68. The fraction of sp³-hybridized carbons (Fsp3) is 0.429. The van der Waals surface area contributed by atoms with Gasteiger partial charge in [-0.15, -0.1) is 0 Å². The lowest BCUT2D eigenvalue weighted by Crippen LogP contribution is -2.10. The molecule has 2 N–H and O–H groups in total. The van der Waals surface area contributed by atoms with Crippen LogP contribution in [0.3, 0.4) is 0 Å². The average molecular weight is 261 g/mol. The van der Waals surface area contributed by atoms with E-state index in [4.69, 9.17) is 22.9 Å². The third-order valence-electron chi connectivity index (χ3n) is 3.01. The number of rotatable bonds is 6. The monoisotopic (exact) mass is 261 g/mol. The van der Waals surface area contributed by atoms with E-state index >= 15 is 0 Å². The minimum Gasteiger partial charge on any atom is -0.393 e. The van der Waals surface area contributed by atoms with Gasteiger partial charge in [0.1, 0.15) is 5.82 Å². The van der Waals surface area contributed by atoms with Crippen LogP contribution in [0.15, 0.2) is 24.3 Å². The first-order chi connectivity index (χ1) is 8.72. The fourth-order valence-corrected chi connectivity index (χ4v) is 2.35. The summed E-state index contributed by atoms with van der Waals surface area (Å²) >= 11 is 4.92. The zero-order chi connectivity index (χ0) is 13.0. The van der Waals surface area contributed by atoms with Gasteiger partial charge in [0.05, 0.1) is 16.0 Å². The minimum absolute atomic E-state index is 0.594. The lowest BCUT2D eigenvalue weighted by molar-refractivity contribution is 0.632. The van der Waals surface area contributed by atoms with E-state index < -0.39 is 0 Å². The van der Waals surface area contributed by atoms with Crippen LogP contribution in [0.2, 0.25) is 0 Å². The molecule has 0 amide bonds. The van der Waals surface area contributed by atoms with Crippen molar-refractivity contribution in [3.63, 3.8) is 0 Å². The number of nitrogens with two attached hydrogens (primary N) is 1. The molecular formula is C14H19N3S. The molecule has 2 rings (SSSR count). The van der Waals surface area contributed by atoms with Crippen LogP contribution in [-0.4, -0.2) is 14.5 Å². The number of fused-ring (bicyclic) bond motifs is 1. The summed E-state index contributed by atoms with van der Waals surface area (Å²) < 4.78 is 2.30. The Kier molecular flexibility index (Phi) is 4.31. The summed E-state index contributed by atoms with van der Waals surface area (Å²) in [6, 6.07) is 8.29. The molecule has 0 unspecified atom stereocenters. The second-order valence-electron chi connectivity index (χ2n) is 4.49. The molecule has 1 aromatic heterocycles. The normalized spacial score (nSPS) is 10.9. The van der Waals surface area contributed by atoms with Gasteiger partial charge >= 0.3 is 0 Å². The Labute approximate surface area is 113 Å². The van der Waals surface area contributed by atoms with Gasteiger partial charge in [0.15, 0.2) is 0 Å². The zero-order valence-corrected chi connectivity index (χ0v) is 11.5. The van der Waals surface area contributed by atoms with Crippen LogP contribution in [0.5, 0.6) is 0 Å². The van der Waals surface area contributed by atoms with Gasteiger partial charge in [-0.2, -0.15) is 0 Å². The van der Waals surface area contributed by atoms with Crippen LogP contribution >= 0.6 is 12.2 Å². The molecule has 0 fully saturated rings. The molecule has 0 aliphatic carbocycles. The lowest BCUT2D eigenvalue weighted by Gasteiger charge is -2.08. The molecule has 18 heavy (non-hydrogen) atoms. The number of nitrogens with zero attached hydrogens (tertiary/aromatic N) is 2. The van der Waals surface area contributed by atoms with E-state index in [1.807, 2.05) is 6.07 Å². The van der Waals surface area contributed by atoms with Gasteiger partial charge in [0, 0.05) is 13.0 Å². The quantitative estimate of drug-likeness (QED) is 0.813. The summed E-state index contributed by atoms with van der Waals surface area (Å²) in [5.74, 6) is 1.17. The van der Waals surface area contributed by atoms with Crippen molar-refractivity contribution in [2.45, 2.75) is 39.2 Å². The number of imidazole rings is 1. The standard InChI is InChI=1S/C14H19N3S/c1-2-6-14-16-11-7-3-4-8-12(11)17(14)10-5-9-13(15)18/h3-4,7-8H,2,5-6,9-10H2,1H3,(H2,15,18). The first-order valence-corrected chi connectivity index (χ1v) is 6.85. The summed E-state index contributed by atoms with van der Waals surface area (Å²) in [5, 5.41) is 0. The molecule has 0 radical (unpaired) electrons. The molecule has 0 saturated heterocycles. The van der Waals surface area contributed by atoms with Gasteiger partial charge in [-0.05, 0) is 31.4 Å². The highest BCUT2D eigenvalue weighted by atomic mass is 32.1. The van der Waals surface area contributed by atoms with Gasteiger partial charge in [0.25, 0.3) is 0 Å². The van der Waals surface area contributed by atoms with Crippen molar-refractivity contribution in [1.29, 1.82) is 0 Å². The molecule has 96 valence electrons. The lowest BCUT2D eigenvalue weighted by atomic mass is 10.2. The number of benzene rings is 1. The molecule has 3 nitrogen and oxygen atoms in total. The third kappa shape index (κ3) is 2.88. The first kappa shape index (κ1) is 13.0. The predicted octanol–water partition coefficient (Wildman–Crippen LogP) is 3.06. The van der Waals surface area contributed by atoms with Crippen molar-refractivity contribution in [2.24, 2.45) is 5.73 Å². The summed E-state index contributed by atoms with van der Waals surface area (Å²) in [6.45, 7) is 3.12. The van der Waals surface area contributed by atoms with E-state index in [0.717, 1.165) is 37.7 Å². The van der Waals surface area contributed by atoms with E-state index in [-0.39, 0.29) is 0 Å². The maximum atomic E-state index is 5.55. The van der Waals surface area contributed by atoms with Crippen molar-refractivity contribution >= 4 is 28.2 Å². The van der Waals surface area contributed by atoms with Crippen LogP contribution in [0.25, 0.3) is 11.0 Å². The number of aromatic nitrogens is 2. The highest BCUT2D eigenvalue weighted by Crippen LogP contribution is 2.18. The van der Waals surface area contributed by atoms with Crippen molar-refractivity contribution in [2.75, 3.05) is 0 Å². The van der Waals surface area contributed by atoms with E-state index in [1.165, 1.54) is 11.3 Å². The highest BCUT2D eigenvalue weighted by molar-refractivity contribution is 7.80. The van der Waals surface area contributed by atoms with E-state index in [2.05, 4.69) is 29.7 Å². The summed E-state index contributed by atoms with van der Waals surface area (Å²) in [6.07, 6.45) is 3.90. The van der Waals surface area contributed by atoms with E-state index in [1.54, 1.807) is 0 Å². The second-order valence-corrected chi connectivity index (χ2v) is 5.01. The van der Waals surface area contributed by atoms with Crippen LogP contribution < -0.4 is 5.73 Å². The van der Waals surface area contributed by atoms with Gasteiger partial charge < -0.3 is 10.3 Å². The minimum atomic E-state index is 0.594.